The molecule has 3 aromatic rings. The van der Waals surface area contributed by atoms with Crippen molar-refractivity contribution in [1.82, 2.24) is 5.32 Å². The van der Waals surface area contributed by atoms with E-state index in [1.165, 1.54) is 12.1 Å². The van der Waals surface area contributed by atoms with Crippen LogP contribution in [-0.2, 0) is 9.53 Å². The highest BCUT2D eigenvalue weighted by Gasteiger charge is 2.46. The molecule has 0 spiro atoms. The predicted molar refractivity (Wildman–Crippen MR) is 135 cm³/mol. The zero-order valence-corrected chi connectivity index (χ0v) is 20.3. The van der Waals surface area contributed by atoms with E-state index in [0.29, 0.717) is 17.3 Å². The zero-order chi connectivity index (χ0) is 24.6. The fraction of sp³-hybridized carbons (Fsp3) is 0.222. The molecular formula is C27H23BrN2O5. The highest BCUT2D eigenvalue weighted by molar-refractivity contribution is 9.10. The number of rotatable bonds is 6. The molecule has 0 aliphatic heterocycles. The second-order valence-electron chi connectivity index (χ2n) is 8.84. The number of hydrogen-bond acceptors (Lipinski definition) is 4. The summed E-state index contributed by atoms with van der Waals surface area (Å²) in [4.78, 5) is 37.5. The smallest absolute Gasteiger partial charge is 0.408 e. The first-order chi connectivity index (χ1) is 16.9. The summed E-state index contributed by atoms with van der Waals surface area (Å²) in [5.41, 5.74) is 3.48. The number of alkyl carbamates (subject to hydrolysis) is 1. The minimum absolute atomic E-state index is 0.0386. The molecule has 1 fully saturated rings. The van der Waals surface area contributed by atoms with Crippen molar-refractivity contribution in [3.63, 3.8) is 0 Å². The van der Waals surface area contributed by atoms with Gasteiger partial charge in [-0.1, -0.05) is 64.5 Å². The van der Waals surface area contributed by atoms with Crippen LogP contribution in [0.15, 0.2) is 71.2 Å². The SMILES string of the molecule is O=C(NC1(C(=O)Nc2ccc(Br)cc2C(=O)O)CCC1)OCC1c2ccccc2-c2ccccc21. The molecular weight excluding hydrogens is 512 g/mol. The van der Waals surface area contributed by atoms with E-state index in [9.17, 15) is 19.5 Å². The monoisotopic (exact) mass is 534 g/mol. The van der Waals surface area contributed by atoms with Crippen molar-refractivity contribution in [3.05, 3.63) is 87.9 Å². The van der Waals surface area contributed by atoms with E-state index in [1.807, 2.05) is 36.4 Å². The van der Waals surface area contributed by atoms with Crippen LogP contribution in [0, 0.1) is 0 Å². The quantitative estimate of drug-likeness (QED) is 0.384. The molecule has 0 aromatic heterocycles. The van der Waals surface area contributed by atoms with Gasteiger partial charge in [0.15, 0.2) is 0 Å². The lowest BCUT2D eigenvalue weighted by molar-refractivity contribution is -0.125. The Bertz CT molecular complexity index is 1290. The maximum Gasteiger partial charge on any atom is 0.408 e. The van der Waals surface area contributed by atoms with Crippen LogP contribution >= 0.6 is 15.9 Å². The van der Waals surface area contributed by atoms with Gasteiger partial charge < -0.3 is 20.5 Å². The normalized spacial score (nSPS) is 15.3. The van der Waals surface area contributed by atoms with Crippen molar-refractivity contribution < 1.29 is 24.2 Å². The molecule has 3 aromatic carbocycles. The molecule has 2 amide bonds. The summed E-state index contributed by atoms with van der Waals surface area (Å²) in [7, 11) is 0. The summed E-state index contributed by atoms with van der Waals surface area (Å²) in [5, 5.41) is 14.9. The fourth-order valence-corrected chi connectivity index (χ4v) is 5.17. The lowest BCUT2D eigenvalue weighted by Gasteiger charge is -2.40. The Morgan fingerprint density at radius 3 is 2.17 bits per heavy atom. The van der Waals surface area contributed by atoms with Gasteiger partial charge in [0.25, 0.3) is 0 Å². The number of benzene rings is 3. The average molecular weight is 535 g/mol. The molecule has 178 valence electrons. The number of aromatic carboxylic acids is 1. The first-order valence-electron chi connectivity index (χ1n) is 11.4. The molecule has 2 aliphatic carbocycles. The molecule has 2 aliphatic rings. The number of hydrogen-bond donors (Lipinski definition) is 3. The van der Waals surface area contributed by atoms with E-state index >= 15 is 0 Å². The van der Waals surface area contributed by atoms with Crippen molar-refractivity contribution in [2.24, 2.45) is 0 Å². The lowest BCUT2D eigenvalue weighted by atomic mass is 9.76. The van der Waals surface area contributed by atoms with Gasteiger partial charge in [-0.3, -0.25) is 4.79 Å². The summed E-state index contributed by atoms with van der Waals surface area (Å²) in [6.45, 7) is 0.146. The number of carbonyl (C=O) groups is 3. The Morgan fingerprint density at radius 2 is 1.60 bits per heavy atom. The van der Waals surface area contributed by atoms with Crippen molar-refractivity contribution >= 4 is 39.6 Å². The first-order valence-corrected chi connectivity index (χ1v) is 12.1. The van der Waals surface area contributed by atoms with Crippen LogP contribution in [0.1, 0.15) is 46.7 Å². The van der Waals surface area contributed by atoms with Crippen LogP contribution in [0.5, 0.6) is 0 Å². The lowest BCUT2D eigenvalue weighted by Crippen LogP contribution is -2.61. The second-order valence-corrected chi connectivity index (χ2v) is 9.75. The number of fused-ring (bicyclic) bond motifs is 3. The Kier molecular flexibility index (Phi) is 6.06. The number of amides is 2. The number of carbonyl (C=O) groups excluding carboxylic acids is 2. The van der Waals surface area contributed by atoms with Gasteiger partial charge in [-0.05, 0) is 59.7 Å². The molecule has 5 rings (SSSR count). The summed E-state index contributed by atoms with van der Waals surface area (Å²) in [6, 6.07) is 20.7. The molecule has 8 heteroatoms. The first kappa shape index (κ1) is 23.1. The molecule has 1 saturated carbocycles. The number of halogens is 1. The van der Waals surface area contributed by atoms with Crippen molar-refractivity contribution in [2.75, 3.05) is 11.9 Å². The second kappa shape index (κ2) is 9.19. The zero-order valence-electron chi connectivity index (χ0n) is 18.7. The van der Waals surface area contributed by atoms with Crippen LogP contribution in [0.25, 0.3) is 11.1 Å². The van der Waals surface area contributed by atoms with Crippen molar-refractivity contribution in [1.29, 1.82) is 0 Å². The van der Waals surface area contributed by atoms with Crippen LogP contribution in [0.4, 0.5) is 10.5 Å². The van der Waals surface area contributed by atoms with E-state index in [-0.39, 0.29) is 23.8 Å². The molecule has 0 heterocycles. The van der Waals surface area contributed by atoms with E-state index in [1.54, 1.807) is 6.07 Å². The summed E-state index contributed by atoms with van der Waals surface area (Å²) >= 11 is 3.24. The van der Waals surface area contributed by atoms with Gasteiger partial charge in [0.1, 0.15) is 12.1 Å². The number of anilines is 1. The number of carboxylic acids is 1. The minimum atomic E-state index is -1.16. The summed E-state index contributed by atoms with van der Waals surface area (Å²) in [6.07, 6.45) is 0.989. The average Bonchev–Trinajstić information content (AvgIpc) is 3.14. The van der Waals surface area contributed by atoms with E-state index in [0.717, 1.165) is 28.7 Å². The Morgan fingerprint density at radius 1 is 0.971 bits per heavy atom. The van der Waals surface area contributed by atoms with Gasteiger partial charge in [0.05, 0.1) is 11.3 Å². The predicted octanol–water partition coefficient (Wildman–Crippen LogP) is 5.55. The molecule has 0 unspecified atom stereocenters. The van der Waals surface area contributed by atoms with Gasteiger partial charge in [0, 0.05) is 10.4 Å². The standard InChI is InChI=1S/C27H23BrN2O5/c28-16-10-11-23(21(14-16)24(31)32)29-25(33)27(12-5-13-27)30-26(34)35-15-22-19-8-3-1-6-17(19)18-7-2-4-9-20(18)22/h1-4,6-11,14,22H,5,12-13,15H2,(H,29,33)(H,30,34)(H,31,32). The summed E-state index contributed by atoms with van der Waals surface area (Å²) in [5.74, 6) is -1.70. The van der Waals surface area contributed by atoms with E-state index in [2.05, 4.69) is 38.7 Å². The molecule has 35 heavy (non-hydrogen) atoms. The topological polar surface area (TPSA) is 105 Å². The van der Waals surface area contributed by atoms with Crippen LogP contribution in [0.3, 0.4) is 0 Å². The molecule has 0 atom stereocenters. The van der Waals surface area contributed by atoms with Crippen molar-refractivity contribution in [3.8, 4) is 11.1 Å². The molecule has 7 nitrogen and oxygen atoms in total. The van der Waals surface area contributed by atoms with Crippen molar-refractivity contribution in [2.45, 2.75) is 30.7 Å². The Labute approximate surface area is 210 Å². The van der Waals surface area contributed by atoms with Crippen LogP contribution in [0.2, 0.25) is 0 Å². The maximum absolute atomic E-state index is 13.1. The van der Waals surface area contributed by atoms with Gasteiger partial charge in [-0.15, -0.1) is 0 Å². The number of carboxylic acid groups (broad SMARTS) is 1. The molecule has 3 N–H and O–H groups in total. The van der Waals surface area contributed by atoms with Gasteiger partial charge in [0.2, 0.25) is 5.91 Å². The molecule has 0 saturated heterocycles. The molecule has 0 bridgehead atoms. The number of ether oxygens (including phenoxy) is 1. The fourth-order valence-electron chi connectivity index (χ4n) is 4.81. The van der Waals surface area contributed by atoms with Gasteiger partial charge >= 0.3 is 12.1 Å². The maximum atomic E-state index is 13.1. The Hall–Kier alpha value is -3.65. The van der Waals surface area contributed by atoms with Crippen LogP contribution < -0.4 is 10.6 Å². The Balaban J connectivity index is 1.28. The summed E-state index contributed by atoms with van der Waals surface area (Å²) < 4.78 is 6.20. The minimum Gasteiger partial charge on any atom is -0.478 e. The highest BCUT2D eigenvalue weighted by Crippen LogP contribution is 2.44. The van der Waals surface area contributed by atoms with E-state index in [4.69, 9.17) is 4.74 Å². The third kappa shape index (κ3) is 4.30. The third-order valence-electron chi connectivity index (χ3n) is 6.79. The van der Waals surface area contributed by atoms with Gasteiger partial charge in [-0.25, -0.2) is 9.59 Å². The van der Waals surface area contributed by atoms with Gasteiger partial charge in [-0.2, -0.15) is 0 Å². The highest BCUT2D eigenvalue weighted by atomic mass is 79.9. The molecule has 0 radical (unpaired) electrons. The van der Waals surface area contributed by atoms with E-state index < -0.39 is 23.5 Å². The largest absolute Gasteiger partial charge is 0.478 e. The third-order valence-corrected chi connectivity index (χ3v) is 7.28. The van der Waals surface area contributed by atoms with Crippen LogP contribution in [-0.4, -0.2) is 35.2 Å². The number of nitrogens with one attached hydrogen (secondary N) is 2.